The Labute approximate surface area is 157 Å². The van der Waals surface area contributed by atoms with E-state index in [1.54, 1.807) is 0 Å². The summed E-state index contributed by atoms with van der Waals surface area (Å²) in [4.78, 5) is 9.00. The molecule has 5 heteroatoms. The van der Waals surface area contributed by atoms with Gasteiger partial charge in [-0.25, -0.2) is 0 Å². The summed E-state index contributed by atoms with van der Waals surface area (Å²) in [6.07, 6.45) is 11.1. The molecule has 0 spiro atoms. The second-order valence-corrected chi connectivity index (χ2v) is 6.17. The molecular weight excluding hydrogens is 388 g/mol. The average molecular weight is 429 g/mol. The van der Waals surface area contributed by atoms with Gasteiger partial charge in [-0.05, 0) is 25.7 Å². The van der Waals surface area contributed by atoms with E-state index >= 15 is 0 Å². The van der Waals surface area contributed by atoms with E-state index in [-0.39, 0.29) is 25.1 Å². The summed E-state index contributed by atoms with van der Waals surface area (Å²) in [5.41, 5.74) is 0. The van der Waals surface area contributed by atoms with Crippen LogP contribution in [0.25, 0.3) is 0 Å². The van der Waals surface area contributed by atoms with Crippen LogP contribution in [0.5, 0.6) is 0 Å². The molecule has 3 nitrogen and oxygen atoms in total. The molecule has 23 heavy (non-hydrogen) atoms. The molecule has 0 heterocycles. The number of nitrogens with zero attached hydrogens (tertiary/aromatic N) is 1. The SMILES string of the molecule is CC(=O)O.CCCC[N+](CCCC)(CCCC)CCCC.F.[Pd]. The first-order chi connectivity index (χ1) is 9.97. The number of carboxylic acid groups (broad SMARTS) is 1. The Morgan fingerprint density at radius 1 is 0.739 bits per heavy atom. The molecule has 0 saturated heterocycles. The monoisotopic (exact) mass is 428 g/mol. The molecule has 1 N–H and O–H groups in total. The number of hydrogen-bond donors (Lipinski definition) is 1. The van der Waals surface area contributed by atoms with Crippen molar-refractivity contribution in [2.24, 2.45) is 0 Å². The molecule has 0 aliphatic carbocycles. The van der Waals surface area contributed by atoms with E-state index in [4.69, 9.17) is 9.90 Å². The fourth-order valence-corrected chi connectivity index (χ4v) is 2.64. The van der Waals surface area contributed by atoms with Gasteiger partial charge in [-0.3, -0.25) is 9.50 Å². The summed E-state index contributed by atoms with van der Waals surface area (Å²) in [7, 11) is 0. The van der Waals surface area contributed by atoms with Crippen molar-refractivity contribution in [3.8, 4) is 0 Å². The number of rotatable bonds is 12. The maximum Gasteiger partial charge on any atom is 0.300 e. The van der Waals surface area contributed by atoms with Gasteiger partial charge in [-0.1, -0.05) is 53.4 Å². The zero-order valence-electron chi connectivity index (χ0n) is 16.0. The number of quaternary nitrogens is 1. The van der Waals surface area contributed by atoms with Gasteiger partial charge in [0.2, 0.25) is 0 Å². The fourth-order valence-electron chi connectivity index (χ4n) is 2.64. The quantitative estimate of drug-likeness (QED) is 0.340. The maximum absolute atomic E-state index is 9.00. The van der Waals surface area contributed by atoms with E-state index in [0.29, 0.717) is 0 Å². The number of carbonyl (C=O) groups is 1. The molecule has 0 fully saturated rings. The largest absolute Gasteiger partial charge is 0.481 e. The van der Waals surface area contributed by atoms with Gasteiger partial charge in [0.1, 0.15) is 0 Å². The van der Waals surface area contributed by atoms with Crippen LogP contribution in [0.2, 0.25) is 0 Å². The number of carboxylic acids is 1. The summed E-state index contributed by atoms with van der Waals surface area (Å²) in [6.45, 7) is 16.1. The Morgan fingerprint density at radius 3 is 1.04 bits per heavy atom. The first-order valence-electron chi connectivity index (χ1n) is 9.02. The standard InChI is InChI=1S/C16H36N.C2H4O2.FH.Pd/c1-5-9-13-17(14-10-6-2,15-11-7-3)16-12-8-4;1-2(3)4;;/h5-16H2,1-4H3;1H3,(H,3,4);1H;/q+1;;;. The van der Waals surface area contributed by atoms with Crippen LogP contribution in [0.15, 0.2) is 0 Å². The normalized spacial score (nSPS) is 9.96. The average Bonchev–Trinajstić information content (AvgIpc) is 2.45. The second-order valence-electron chi connectivity index (χ2n) is 6.17. The molecule has 0 aliphatic rings. The first-order valence-corrected chi connectivity index (χ1v) is 9.02. The molecule has 0 aromatic carbocycles. The first kappa shape index (κ1) is 30.9. The van der Waals surface area contributed by atoms with Gasteiger partial charge >= 0.3 is 0 Å². The topological polar surface area (TPSA) is 37.3 Å². The Balaban J connectivity index is -0.000000268. The van der Waals surface area contributed by atoms with Crippen LogP contribution >= 0.6 is 0 Å². The van der Waals surface area contributed by atoms with E-state index < -0.39 is 5.97 Å². The van der Waals surface area contributed by atoms with E-state index in [9.17, 15) is 0 Å². The Hall–Kier alpha value is 0.0223. The molecule has 0 bridgehead atoms. The van der Waals surface area contributed by atoms with Crippen LogP contribution in [-0.4, -0.2) is 41.7 Å². The van der Waals surface area contributed by atoms with Gasteiger partial charge in [-0.15, -0.1) is 0 Å². The third-order valence-electron chi connectivity index (χ3n) is 3.94. The van der Waals surface area contributed by atoms with Gasteiger partial charge < -0.3 is 9.59 Å². The maximum atomic E-state index is 9.00. The number of aliphatic carboxylic acids is 1. The number of unbranched alkanes of at least 4 members (excludes halogenated alkanes) is 4. The Morgan fingerprint density at radius 2 is 0.913 bits per heavy atom. The van der Waals surface area contributed by atoms with Gasteiger partial charge in [-0.2, -0.15) is 0 Å². The van der Waals surface area contributed by atoms with Crippen molar-refractivity contribution in [1.29, 1.82) is 0 Å². The summed E-state index contributed by atoms with van der Waals surface area (Å²) in [5, 5.41) is 7.42. The van der Waals surface area contributed by atoms with E-state index in [1.807, 2.05) is 0 Å². The number of hydrogen-bond acceptors (Lipinski definition) is 1. The minimum atomic E-state index is -0.833. The molecule has 0 radical (unpaired) electrons. The van der Waals surface area contributed by atoms with Gasteiger partial charge in [0, 0.05) is 27.3 Å². The summed E-state index contributed by atoms with van der Waals surface area (Å²) in [6, 6.07) is 0. The van der Waals surface area contributed by atoms with Gasteiger partial charge in [0.25, 0.3) is 5.97 Å². The summed E-state index contributed by atoms with van der Waals surface area (Å²) >= 11 is 0. The summed E-state index contributed by atoms with van der Waals surface area (Å²) in [5.74, 6) is -0.833. The van der Waals surface area contributed by atoms with Crippen molar-refractivity contribution in [2.75, 3.05) is 26.2 Å². The molecular formula is C18H41FNO2Pd+. The predicted octanol–water partition coefficient (Wildman–Crippen LogP) is 5.24. The molecule has 0 amide bonds. The van der Waals surface area contributed by atoms with Gasteiger partial charge in [0.05, 0.1) is 26.2 Å². The van der Waals surface area contributed by atoms with Gasteiger partial charge in [0.15, 0.2) is 0 Å². The van der Waals surface area contributed by atoms with Crippen LogP contribution in [0, 0.1) is 0 Å². The summed E-state index contributed by atoms with van der Waals surface area (Å²) < 4.78 is 1.42. The van der Waals surface area contributed by atoms with E-state index in [2.05, 4.69) is 27.7 Å². The minimum absolute atomic E-state index is 0. The van der Waals surface area contributed by atoms with Crippen molar-refractivity contribution in [1.82, 2.24) is 0 Å². The fraction of sp³-hybridized carbons (Fsp3) is 0.944. The molecule has 0 aromatic heterocycles. The van der Waals surface area contributed by atoms with E-state index in [1.165, 1.54) is 82.0 Å². The van der Waals surface area contributed by atoms with Crippen molar-refractivity contribution < 1.29 is 39.5 Å². The van der Waals surface area contributed by atoms with Crippen molar-refractivity contribution in [3.63, 3.8) is 0 Å². The zero-order valence-corrected chi connectivity index (χ0v) is 17.6. The number of halogens is 1. The second kappa shape index (κ2) is 22.0. The van der Waals surface area contributed by atoms with Crippen LogP contribution in [0.3, 0.4) is 0 Å². The van der Waals surface area contributed by atoms with Crippen molar-refractivity contribution >= 4 is 5.97 Å². The van der Waals surface area contributed by atoms with Crippen molar-refractivity contribution in [2.45, 2.75) is 86.0 Å². The van der Waals surface area contributed by atoms with Crippen LogP contribution in [-0.2, 0) is 25.2 Å². The Bertz CT molecular complexity index is 200. The predicted molar refractivity (Wildman–Crippen MR) is 95.2 cm³/mol. The molecule has 146 valence electrons. The third-order valence-corrected chi connectivity index (χ3v) is 3.94. The van der Waals surface area contributed by atoms with Crippen LogP contribution < -0.4 is 0 Å². The smallest absolute Gasteiger partial charge is 0.300 e. The third kappa shape index (κ3) is 22.0. The van der Waals surface area contributed by atoms with Crippen molar-refractivity contribution in [3.05, 3.63) is 0 Å². The molecule has 0 aromatic rings. The zero-order chi connectivity index (χ0) is 16.6. The minimum Gasteiger partial charge on any atom is -0.481 e. The molecule has 0 saturated carbocycles. The van der Waals surface area contributed by atoms with Crippen LogP contribution in [0.1, 0.15) is 86.0 Å². The molecule has 0 rings (SSSR count). The van der Waals surface area contributed by atoms with Crippen LogP contribution in [0.4, 0.5) is 4.70 Å². The molecule has 0 aliphatic heterocycles. The molecule has 0 unspecified atom stereocenters. The van der Waals surface area contributed by atoms with E-state index in [0.717, 1.165) is 6.92 Å². The Kier molecular flexibility index (Phi) is 29.5. The molecule has 0 atom stereocenters.